The lowest BCUT2D eigenvalue weighted by atomic mass is 10.1. The third-order valence-corrected chi connectivity index (χ3v) is 6.91. The molecule has 0 unspecified atom stereocenters. The summed E-state index contributed by atoms with van der Waals surface area (Å²) in [6.45, 7) is 0.342. The third kappa shape index (κ3) is 5.52. The molecule has 0 bridgehead atoms. The molecule has 2 aliphatic heterocycles. The number of halogens is 2. The number of fused-ring (bicyclic) bond motifs is 1. The van der Waals surface area contributed by atoms with Gasteiger partial charge in [0.05, 0.1) is 11.7 Å². The molecule has 0 saturated carbocycles. The molecule has 2 aromatic heterocycles. The zero-order chi connectivity index (χ0) is 25.8. The Bertz CT molecular complexity index is 1230. The van der Waals surface area contributed by atoms with E-state index in [1.165, 1.54) is 4.90 Å². The first-order valence-corrected chi connectivity index (χ1v) is 12.7. The van der Waals surface area contributed by atoms with E-state index in [0.29, 0.717) is 37.2 Å². The summed E-state index contributed by atoms with van der Waals surface area (Å²) in [5.74, 6) is 1.43. The maximum atomic E-state index is 12.7. The Labute approximate surface area is 213 Å². The summed E-state index contributed by atoms with van der Waals surface area (Å²) < 4.78 is 38.1. The fourth-order valence-corrected chi connectivity index (χ4v) is 4.83. The standard InChI is InChI=1S/C27H30F2N4O4/c28-16-23(17-29)37-27(35)32-12-8-21(9-13-32)36-22-4-6-25(30-18-22)33-14-7-19-15-20(3-5-24(19)33)26(34)31-10-1-2-11-31/h3-7,14-15,18,21,23H,1-2,8-13,16-17H2. The number of pyridine rings is 1. The number of aromatic nitrogens is 2. The summed E-state index contributed by atoms with van der Waals surface area (Å²) in [6, 6.07) is 11.5. The minimum absolute atomic E-state index is 0.0817. The summed E-state index contributed by atoms with van der Waals surface area (Å²) in [7, 11) is 0. The molecule has 5 rings (SSSR count). The molecule has 2 fully saturated rings. The zero-order valence-electron chi connectivity index (χ0n) is 20.5. The van der Waals surface area contributed by atoms with Crippen molar-refractivity contribution in [1.29, 1.82) is 0 Å². The van der Waals surface area contributed by atoms with Crippen LogP contribution in [0.1, 0.15) is 36.0 Å². The van der Waals surface area contributed by atoms with Gasteiger partial charge in [0.15, 0.2) is 6.10 Å². The lowest BCUT2D eigenvalue weighted by Crippen LogP contribution is -2.43. The van der Waals surface area contributed by atoms with Crippen molar-refractivity contribution in [2.45, 2.75) is 37.9 Å². The predicted molar refractivity (Wildman–Crippen MR) is 134 cm³/mol. The van der Waals surface area contributed by atoms with Gasteiger partial charge < -0.3 is 23.8 Å². The van der Waals surface area contributed by atoms with Gasteiger partial charge in [-0.3, -0.25) is 4.79 Å². The molecule has 0 spiro atoms. The summed E-state index contributed by atoms with van der Waals surface area (Å²) >= 11 is 0. The fraction of sp³-hybridized carbons (Fsp3) is 0.444. The van der Waals surface area contributed by atoms with Crippen LogP contribution >= 0.6 is 0 Å². The van der Waals surface area contributed by atoms with Crippen molar-refractivity contribution in [1.82, 2.24) is 19.4 Å². The molecule has 37 heavy (non-hydrogen) atoms. The summed E-state index contributed by atoms with van der Waals surface area (Å²) in [5, 5.41) is 0.974. The van der Waals surface area contributed by atoms with E-state index in [-0.39, 0.29) is 12.0 Å². The number of likely N-dealkylation sites (tertiary alicyclic amines) is 2. The molecule has 10 heteroatoms. The molecule has 0 atom stereocenters. The third-order valence-electron chi connectivity index (χ3n) is 6.91. The van der Waals surface area contributed by atoms with Crippen LogP contribution in [-0.4, -0.2) is 83.1 Å². The molecule has 2 aliphatic rings. The molecule has 0 aliphatic carbocycles. The van der Waals surface area contributed by atoms with Crippen LogP contribution in [0.5, 0.6) is 5.75 Å². The molecular weight excluding hydrogens is 482 g/mol. The number of carbonyl (C=O) groups is 2. The van der Waals surface area contributed by atoms with Crippen LogP contribution in [0.4, 0.5) is 13.6 Å². The van der Waals surface area contributed by atoms with E-state index in [0.717, 1.165) is 42.7 Å². The van der Waals surface area contributed by atoms with Crippen LogP contribution in [0.25, 0.3) is 16.7 Å². The van der Waals surface area contributed by atoms with Gasteiger partial charge >= 0.3 is 6.09 Å². The summed E-state index contributed by atoms with van der Waals surface area (Å²) in [5.41, 5.74) is 1.66. The number of ether oxygens (including phenoxy) is 2. The highest BCUT2D eigenvalue weighted by Gasteiger charge is 2.27. The number of amides is 2. The Kier molecular flexibility index (Phi) is 7.52. The molecule has 3 aromatic rings. The Morgan fingerprint density at radius 1 is 0.973 bits per heavy atom. The van der Waals surface area contributed by atoms with E-state index in [2.05, 4.69) is 4.98 Å². The lowest BCUT2D eigenvalue weighted by Gasteiger charge is -2.32. The van der Waals surface area contributed by atoms with Gasteiger partial charge in [-0.15, -0.1) is 0 Å². The van der Waals surface area contributed by atoms with Crippen LogP contribution in [-0.2, 0) is 4.74 Å². The highest BCUT2D eigenvalue weighted by Crippen LogP contribution is 2.25. The number of hydrogen-bond donors (Lipinski definition) is 0. The molecule has 2 saturated heterocycles. The van der Waals surface area contributed by atoms with Crippen molar-refractivity contribution in [2.24, 2.45) is 0 Å². The molecule has 0 N–H and O–H groups in total. The van der Waals surface area contributed by atoms with Crippen LogP contribution in [0.2, 0.25) is 0 Å². The number of nitrogens with zero attached hydrogens (tertiary/aromatic N) is 4. The van der Waals surface area contributed by atoms with Gasteiger partial charge in [0.2, 0.25) is 0 Å². The first kappa shape index (κ1) is 25.0. The molecule has 4 heterocycles. The van der Waals surface area contributed by atoms with Gasteiger partial charge in [-0.25, -0.2) is 18.6 Å². The predicted octanol–water partition coefficient (Wildman–Crippen LogP) is 4.55. The van der Waals surface area contributed by atoms with Gasteiger partial charge in [-0.05, 0) is 49.2 Å². The van der Waals surface area contributed by atoms with Crippen LogP contribution in [0.15, 0.2) is 48.8 Å². The number of hydrogen-bond acceptors (Lipinski definition) is 5. The van der Waals surface area contributed by atoms with E-state index < -0.39 is 25.5 Å². The topological polar surface area (TPSA) is 76.9 Å². The van der Waals surface area contributed by atoms with Crippen molar-refractivity contribution in [3.05, 3.63) is 54.4 Å². The minimum atomic E-state index is -1.34. The maximum Gasteiger partial charge on any atom is 0.410 e. The highest BCUT2D eigenvalue weighted by molar-refractivity contribution is 5.98. The second-order valence-electron chi connectivity index (χ2n) is 9.43. The van der Waals surface area contributed by atoms with Crippen LogP contribution < -0.4 is 4.74 Å². The van der Waals surface area contributed by atoms with Gasteiger partial charge in [0.1, 0.15) is 31.0 Å². The first-order valence-electron chi connectivity index (χ1n) is 12.7. The molecule has 0 radical (unpaired) electrons. The summed E-state index contributed by atoms with van der Waals surface area (Å²) in [4.78, 5) is 32.7. The van der Waals surface area contributed by atoms with E-state index >= 15 is 0 Å². The maximum absolute atomic E-state index is 12.7. The highest BCUT2D eigenvalue weighted by atomic mass is 19.1. The lowest BCUT2D eigenvalue weighted by molar-refractivity contribution is 0.0249. The second-order valence-corrected chi connectivity index (χ2v) is 9.43. The average Bonchev–Trinajstić information content (AvgIpc) is 3.62. The van der Waals surface area contributed by atoms with Crippen molar-refractivity contribution in [3.63, 3.8) is 0 Å². The Balaban J connectivity index is 1.18. The number of benzene rings is 1. The monoisotopic (exact) mass is 512 g/mol. The Hall–Kier alpha value is -3.69. The number of carbonyl (C=O) groups excluding carboxylic acids is 2. The minimum Gasteiger partial charge on any atom is -0.489 e. The average molecular weight is 513 g/mol. The van der Waals surface area contributed by atoms with Crippen molar-refractivity contribution >= 4 is 22.9 Å². The smallest absolute Gasteiger partial charge is 0.410 e. The number of piperidine rings is 1. The fourth-order valence-electron chi connectivity index (χ4n) is 4.83. The largest absolute Gasteiger partial charge is 0.489 e. The van der Waals surface area contributed by atoms with Crippen LogP contribution in [0, 0.1) is 0 Å². The SMILES string of the molecule is O=C(OC(CF)CF)N1CCC(Oc2ccc(-n3ccc4cc(C(=O)N5CCCC5)ccc43)nc2)CC1. The van der Waals surface area contributed by atoms with Crippen molar-refractivity contribution in [2.75, 3.05) is 39.5 Å². The summed E-state index contributed by atoms with van der Waals surface area (Å²) in [6.07, 6.45) is 4.73. The van der Waals surface area contributed by atoms with Crippen LogP contribution in [0.3, 0.4) is 0 Å². The van der Waals surface area contributed by atoms with Gasteiger partial charge in [-0.2, -0.15) is 0 Å². The Morgan fingerprint density at radius 2 is 1.73 bits per heavy atom. The van der Waals surface area contributed by atoms with E-state index in [9.17, 15) is 18.4 Å². The quantitative estimate of drug-likeness (QED) is 0.464. The van der Waals surface area contributed by atoms with Crippen molar-refractivity contribution < 1.29 is 27.8 Å². The van der Waals surface area contributed by atoms with Gasteiger partial charge in [0, 0.05) is 56.2 Å². The number of rotatable bonds is 7. The van der Waals surface area contributed by atoms with E-state index in [1.807, 2.05) is 52.1 Å². The zero-order valence-corrected chi connectivity index (χ0v) is 20.5. The Morgan fingerprint density at radius 3 is 2.41 bits per heavy atom. The van der Waals surface area contributed by atoms with E-state index in [1.54, 1.807) is 6.20 Å². The normalized spacial score (nSPS) is 16.5. The van der Waals surface area contributed by atoms with Gasteiger partial charge in [0.25, 0.3) is 5.91 Å². The number of alkyl halides is 2. The second kappa shape index (κ2) is 11.1. The van der Waals surface area contributed by atoms with Gasteiger partial charge in [-0.1, -0.05) is 0 Å². The molecule has 1 aromatic carbocycles. The van der Waals surface area contributed by atoms with Crippen molar-refractivity contribution in [3.8, 4) is 11.6 Å². The first-order chi connectivity index (χ1) is 18.1. The molecule has 8 nitrogen and oxygen atoms in total. The molecule has 2 amide bonds. The van der Waals surface area contributed by atoms with E-state index in [4.69, 9.17) is 9.47 Å². The molecular formula is C27H30F2N4O4. The molecule has 196 valence electrons.